The second kappa shape index (κ2) is 5.48. The maximum Gasteiger partial charge on any atom is 0.0761 e. The van der Waals surface area contributed by atoms with Gasteiger partial charge in [0.15, 0.2) is 0 Å². The Labute approximate surface area is 119 Å². The number of nitrogens with zero attached hydrogens (tertiary/aromatic N) is 1. The van der Waals surface area contributed by atoms with Crippen molar-refractivity contribution in [2.75, 3.05) is 0 Å². The van der Waals surface area contributed by atoms with E-state index in [1.54, 1.807) is 0 Å². The van der Waals surface area contributed by atoms with Crippen molar-refractivity contribution in [1.29, 1.82) is 0 Å². The van der Waals surface area contributed by atoms with E-state index in [0.29, 0.717) is 6.04 Å². The van der Waals surface area contributed by atoms with E-state index < -0.39 is 0 Å². The van der Waals surface area contributed by atoms with Crippen molar-refractivity contribution in [2.24, 2.45) is 5.92 Å². The van der Waals surface area contributed by atoms with Crippen LogP contribution in [0.2, 0.25) is 5.02 Å². The molecule has 2 atom stereocenters. The summed E-state index contributed by atoms with van der Waals surface area (Å²) in [5.74, 6) is 0.886. The van der Waals surface area contributed by atoms with Crippen molar-refractivity contribution in [3.8, 4) is 0 Å². The summed E-state index contributed by atoms with van der Waals surface area (Å²) in [6, 6.07) is 8.73. The summed E-state index contributed by atoms with van der Waals surface area (Å²) in [5.41, 5.74) is 2.26. The Morgan fingerprint density at radius 3 is 3.11 bits per heavy atom. The number of hydrogen-bond donors (Lipinski definition) is 1. The van der Waals surface area contributed by atoms with Gasteiger partial charge in [-0.15, -0.1) is 0 Å². The molecule has 0 spiro atoms. The van der Waals surface area contributed by atoms with Gasteiger partial charge < -0.3 is 5.32 Å². The van der Waals surface area contributed by atoms with Crippen molar-refractivity contribution in [1.82, 2.24) is 10.3 Å². The average Bonchev–Trinajstić information content (AvgIpc) is 3.17. The summed E-state index contributed by atoms with van der Waals surface area (Å²) in [6.07, 6.45) is 5.79. The standard InChI is InChI=1S/C16H19ClN2/c1-2-4-11-9-15(11)19-10-12-6-7-14(17)13-5-3-8-18-16(12)13/h3,5-8,11,15,19H,2,4,9-10H2,1H3. The Balaban J connectivity index is 1.73. The van der Waals surface area contributed by atoms with Crippen LogP contribution >= 0.6 is 11.6 Å². The highest BCUT2D eigenvalue weighted by Crippen LogP contribution is 2.35. The summed E-state index contributed by atoms with van der Waals surface area (Å²) < 4.78 is 0. The van der Waals surface area contributed by atoms with Gasteiger partial charge in [0.25, 0.3) is 0 Å². The molecule has 1 saturated carbocycles. The first-order valence-electron chi connectivity index (χ1n) is 7.05. The van der Waals surface area contributed by atoms with Crippen LogP contribution in [0, 0.1) is 5.92 Å². The number of benzene rings is 1. The van der Waals surface area contributed by atoms with Gasteiger partial charge >= 0.3 is 0 Å². The number of hydrogen-bond acceptors (Lipinski definition) is 2. The summed E-state index contributed by atoms with van der Waals surface area (Å²) in [4.78, 5) is 4.47. The summed E-state index contributed by atoms with van der Waals surface area (Å²) in [5, 5.41) is 5.46. The maximum atomic E-state index is 6.21. The molecule has 1 aliphatic carbocycles. The summed E-state index contributed by atoms with van der Waals surface area (Å²) in [6.45, 7) is 3.14. The van der Waals surface area contributed by atoms with E-state index in [9.17, 15) is 0 Å². The topological polar surface area (TPSA) is 24.9 Å². The molecule has 0 radical (unpaired) electrons. The maximum absolute atomic E-state index is 6.21. The molecule has 3 rings (SSSR count). The van der Waals surface area contributed by atoms with E-state index in [-0.39, 0.29) is 0 Å². The highest BCUT2D eigenvalue weighted by molar-refractivity contribution is 6.35. The molecule has 3 heteroatoms. The molecule has 2 aromatic rings. The monoisotopic (exact) mass is 274 g/mol. The molecule has 2 unspecified atom stereocenters. The van der Waals surface area contributed by atoms with E-state index in [0.717, 1.165) is 28.4 Å². The van der Waals surface area contributed by atoms with Crippen LogP contribution in [0.25, 0.3) is 10.9 Å². The van der Waals surface area contributed by atoms with E-state index in [1.807, 2.05) is 24.4 Å². The van der Waals surface area contributed by atoms with E-state index in [1.165, 1.54) is 24.8 Å². The first kappa shape index (κ1) is 12.9. The predicted molar refractivity (Wildman–Crippen MR) is 80.4 cm³/mol. The average molecular weight is 275 g/mol. The molecule has 19 heavy (non-hydrogen) atoms. The van der Waals surface area contributed by atoms with E-state index >= 15 is 0 Å². The van der Waals surface area contributed by atoms with Gasteiger partial charge in [-0.05, 0) is 42.5 Å². The minimum atomic E-state index is 0.703. The Kier molecular flexibility index (Phi) is 3.72. The molecule has 1 fully saturated rings. The van der Waals surface area contributed by atoms with E-state index in [2.05, 4.69) is 23.3 Å². The molecular formula is C16H19ClN2. The lowest BCUT2D eigenvalue weighted by atomic mass is 10.1. The van der Waals surface area contributed by atoms with Gasteiger partial charge in [-0.25, -0.2) is 0 Å². The lowest BCUT2D eigenvalue weighted by molar-refractivity contribution is 0.600. The molecular weight excluding hydrogens is 256 g/mol. The fourth-order valence-corrected chi connectivity index (χ4v) is 2.98. The molecule has 100 valence electrons. The lowest BCUT2D eigenvalue weighted by Crippen LogP contribution is -2.18. The van der Waals surface area contributed by atoms with Crippen molar-refractivity contribution in [2.45, 2.75) is 38.8 Å². The van der Waals surface area contributed by atoms with Crippen LogP contribution in [-0.2, 0) is 6.54 Å². The fraction of sp³-hybridized carbons (Fsp3) is 0.438. The zero-order chi connectivity index (χ0) is 13.2. The van der Waals surface area contributed by atoms with E-state index in [4.69, 9.17) is 11.6 Å². The zero-order valence-electron chi connectivity index (χ0n) is 11.2. The molecule has 2 nitrogen and oxygen atoms in total. The first-order valence-corrected chi connectivity index (χ1v) is 7.43. The van der Waals surface area contributed by atoms with Crippen LogP contribution in [0.5, 0.6) is 0 Å². The Morgan fingerprint density at radius 2 is 2.26 bits per heavy atom. The lowest BCUT2D eigenvalue weighted by Gasteiger charge is -2.08. The molecule has 0 bridgehead atoms. The molecule has 1 aliphatic rings. The molecule has 0 saturated heterocycles. The number of nitrogens with one attached hydrogen (secondary N) is 1. The summed E-state index contributed by atoms with van der Waals surface area (Å²) in [7, 11) is 0. The van der Waals surface area contributed by atoms with Crippen LogP contribution in [0.1, 0.15) is 31.7 Å². The summed E-state index contributed by atoms with van der Waals surface area (Å²) >= 11 is 6.21. The highest BCUT2D eigenvalue weighted by atomic mass is 35.5. The predicted octanol–water partition coefficient (Wildman–Crippen LogP) is 4.17. The number of rotatable bonds is 5. The molecule has 1 aromatic heterocycles. The Bertz CT molecular complexity index is 582. The van der Waals surface area contributed by atoms with Gasteiger partial charge in [0.1, 0.15) is 0 Å². The van der Waals surface area contributed by atoms with Crippen LogP contribution in [0.15, 0.2) is 30.5 Å². The first-order chi connectivity index (χ1) is 9.29. The van der Waals surface area contributed by atoms with Crippen LogP contribution in [0.4, 0.5) is 0 Å². The van der Waals surface area contributed by atoms with Crippen molar-refractivity contribution < 1.29 is 0 Å². The van der Waals surface area contributed by atoms with Crippen molar-refractivity contribution in [3.05, 3.63) is 41.0 Å². The quantitative estimate of drug-likeness (QED) is 0.885. The fourth-order valence-electron chi connectivity index (χ4n) is 2.77. The third-order valence-electron chi connectivity index (χ3n) is 3.94. The molecule has 1 aromatic carbocycles. The largest absolute Gasteiger partial charge is 0.310 e. The zero-order valence-corrected chi connectivity index (χ0v) is 12.0. The number of halogens is 1. The van der Waals surface area contributed by atoms with Crippen molar-refractivity contribution >= 4 is 22.5 Å². The Morgan fingerprint density at radius 1 is 1.37 bits per heavy atom. The van der Waals surface area contributed by atoms with Crippen LogP contribution in [-0.4, -0.2) is 11.0 Å². The molecule has 0 aliphatic heterocycles. The molecule has 0 amide bonds. The van der Waals surface area contributed by atoms with Gasteiger partial charge in [-0.2, -0.15) is 0 Å². The SMILES string of the molecule is CCCC1CC1NCc1ccc(Cl)c2cccnc12. The number of aromatic nitrogens is 1. The third-order valence-corrected chi connectivity index (χ3v) is 4.27. The van der Waals surface area contributed by atoms with Gasteiger partial charge in [-0.3, -0.25) is 4.98 Å². The normalized spacial score (nSPS) is 21.8. The van der Waals surface area contributed by atoms with Gasteiger partial charge in [0.2, 0.25) is 0 Å². The van der Waals surface area contributed by atoms with Crippen LogP contribution < -0.4 is 5.32 Å². The highest BCUT2D eigenvalue weighted by Gasteiger charge is 2.35. The van der Waals surface area contributed by atoms with Gasteiger partial charge in [0.05, 0.1) is 5.52 Å². The third kappa shape index (κ3) is 2.75. The van der Waals surface area contributed by atoms with Crippen molar-refractivity contribution in [3.63, 3.8) is 0 Å². The number of fused-ring (bicyclic) bond motifs is 1. The van der Waals surface area contributed by atoms with Gasteiger partial charge in [0, 0.05) is 29.2 Å². The second-order valence-corrected chi connectivity index (χ2v) is 5.79. The minimum absolute atomic E-state index is 0.703. The number of pyridine rings is 1. The minimum Gasteiger partial charge on any atom is -0.310 e. The second-order valence-electron chi connectivity index (χ2n) is 5.38. The molecule has 1 N–H and O–H groups in total. The Hall–Kier alpha value is -1.12. The van der Waals surface area contributed by atoms with Crippen LogP contribution in [0.3, 0.4) is 0 Å². The molecule has 1 heterocycles. The van der Waals surface area contributed by atoms with Gasteiger partial charge in [-0.1, -0.05) is 31.0 Å². The smallest absolute Gasteiger partial charge is 0.0761 e.